The van der Waals surface area contributed by atoms with Crippen LogP contribution in [0.3, 0.4) is 0 Å². The van der Waals surface area contributed by atoms with Crippen LogP contribution in [-0.2, 0) is 4.79 Å². The average Bonchev–Trinajstić information content (AvgIpc) is 2.15. The number of hydrogen-bond donors (Lipinski definition) is 0. The molecule has 1 aromatic rings. The maximum absolute atomic E-state index is 11.8. The van der Waals surface area contributed by atoms with Gasteiger partial charge in [0.2, 0.25) is 11.6 Å². The van der Waals surface area contributed by atoms with Crippen molar-refractivity contribution in [1.29, 1.82) is 0 Å². The highest BCUT2D eigenvalue weighted by atomic mass is 16.2. The molecule has 16 heavy (non-hydrogen) atoms. The second-order valence-electron chi connectivity index (χ2n) is 5.36. The van der Waals surface area contributed by atoms with E-state index >= 15 is 0 Å². The lowest BCUT2D eigenvalue weighted by Gasteiger charge is -2.15. The molecule has 0 atom stereocenters. The lowest BCUT2D eigenvalue weighted by molar-refractivity contribution is -0.116. The third kappa shape index (κ3) is 3.61. The molecule has 0 radical (unpaired) electrons. The Balaban J connectivity index is 2.79. The van der Waals surface area contributed by atoms with Crippen molar-refractivity contribution < 1.29 is 9.59 Å². The van der Waals surface area contributed by atoms with Gasteiger partial charge in [0.15, 0.2) is 0 Å². The zero-order chi connectivity index (χ0) is 12.3. The number of carbonyl (C=O) groups excluding carboxylic acids is 2. The van der Waals surface area contributed by atoms with Gasteiger partial charge in [-0.1, -0.05) is 50.6 Å². The van der Waals surface area contributed by atoms with Gasteiger partial charge in [-0.3, -0.25) is 9.59 Å². The summed E-state index contributed by atoms with van der Waals surface area (Å²) < 4.78 is 0. The molecular weight excluding hydrogens is 200 g/mol. The molecule has 0 aliphatic rings. The van der Waals surface area contributed by atoms with Gasteiger partial charge in [-0.15, -0.1) is 0 Å². The second kappa shape index (κ2) is 4.60. The largest absolute Gasteiger partial charge is 0.290 e. The third-order valence-corrected chi connectivity index (χ3v) is 2.26. The minimum absolute atomic E-state index is 0.141. The third-order valence-electron chi connectivity index (χ3n) is 2.26. The van der Waals surface area contributed by atoms with Gasteiger partial charge in [-0.2, -0.15) is 0 Å². The van der Waals surface area contributed by atoms with Gasteiger partial charge in [-0.25, -0.2) is 0 Å². The fourth-order valence-electron chi connectivity index (χ4n) is 1.43. The lowest BCUT2D eigenvalue weighted by Crippen LogP contribution is -2.20. The first-order valence-electron chi connectivity index (χ1n) is 5.44. The first kappa shape index (κ1) is 12.6. The van der Waals surface area contributed by atoms with Crippen LogP contribution in [0.1, 0.15) is 43.1 Å². The van der Waals surface area contributed by atoms with E-state index in [-0.39, 0.29) is 17.0 Å². The van der Waals surface area contributed by atoms with Crippen LogP contribution in [0, 0.1) is 12.3 Å². The van der Waals surface area contributed by atoms with Gasteiger partial charge in [0.1, 0.15) is 0 Å². The molecule has 86 valence electrons. The van der Waals surface area contributed by atoms with Crippen LogP contribution >= 0.6 is 0 Å². The number of rotatable bonds is 3. The molecule has 0 aliphatic heterocycles. The van der Waals surface area contributed by atoms with Gasteiger partial charge in [0, 0.05) is 12.0 Å². The predicted molar refractivity (Wildman–Crippen MR) is 64.6 cm³/mol. The van der Waals surface area contributed by atoms with Crippen molar-refractivity contribution >= 4 is 11.6 Å². The highest BCUT2D eigenvalue weighted by molar-refractivity contribution is 6.43. The van der Waals surface area contributed by atoms with Crippen molar-refractivity contribution in [3.05, 3.63) is 35.4 Å². The monoisotopic (exact) mass is 218 g/mol. The number of Topliss-reactive ketones (excluding diaryl/α,β-unsaturated/α-hetero) is 2. The Bertz CT molecular complexity index is 394. The lowest BCUT2D eigenvalue weighted by atomic mass is 9.87. The zero-order valence-electron chi connectivity index (χ0n) is 10.3. The summed E-state index contributed by atoms with van der Waals surface area (Å²) in [6.45, 7) is 7.80. The smallest absolute Gasteiger partial charge is 0.228 e. The van der Waals surface area contributed by atoms with Crippen molar-refractivity contribution in [2.24, 2.45) is 5.41 Å². The summed E-state index contributed by atoms with van der Waals surface area (Å²) in [6, 6.07) is 7.10. The van der Waals surface area contributed by atoms with E-state index < -0.39 is 0 Å². The van der Waals surface area contributed by atoms with Crippen molar-refractivity contribution in [3.63, 3.8) is 0 Å². The summed E-state index contributed by atoms with van der Waals surface area (Å²) in [5.41, 5.74) is 1.43. The molecule has 0 aromatic heterocycles. The minimum atomic E-state index is -0.380. The zero-order valence-corrected chi connectivity index (χ0v) is 10.3. The number of ketones is 2. The Morgan fingerprint density at radius 1 is 1.06 bits per heavy atom. The van der Waals surface area contributed by atoms with Crippen LogP contribution in [-0.4, -0.2) is 11.6 Å². The molecule has 0 spiro atoms. The maximum atomic E-state index is 11.8. The van der Waals surface area contributed by atoms with Gasteiger partial charge in [-0.05, 0) is 12.3 Å². The normalized spacial score (nSPS) is 11.2. The highest BCUT2D eigenvalue weighted by Crippen LogP contribution is 2.20. The first-order valence-corrected chi connectivity index (χ1v) is 5.44. The summed E-state index contributed by atoms with van der Waals surface area (Å²) >= 11 is 0. The molecule has 0 bridgehead atoms. The number of aryl methyl sites for hydroxylation is 1. The van der Waals surface area contributed by atoms with Gasteiger partial charge in [0.05, 0.1) is 0 Å². The Kier molecular flexibility index (Phi) is 3.63. The van der Waals surface area contributed by atoms with Crippen LogP contribution in [0.15, 0.2) is 24.3 Å². The van der Waals surface area contributed by atoms with E-state index in [2.05, 4.69) is 0 Å². The van der Waals surface area contributed by atoms with Crippen molar-refractivity contribution in [2.45, 2.75) is 34.1 Å². The maximum Gasteiger partial charge on any atom is 0.228 e. The molecule has 0 unspecified atom stereocenters. The Morgan fingerprint density at radius 3 is 2.00 bits per heavy atom. The molecule has 0 saturated carbocycles. The summed E-state index contributed by atoms with van der Waals surface area (Å²) in [7, 11) is 0. The summed E-state index contributed by atoms with van der Waals surface area (Å²) in [4.78, 5) is 23.5. The van der Waals surface area contributed by atoms with Crippen LogP contribution in [0.2, 0.25) is 0 Å². The fourth-order valence-corrected chi connectivity index (χ4v) is 1.43. The van der Waals surface area contributed by atoms with E-state index in [1.165, 1.54) is 0 Å². The molecule has 1 rings (SSSR count). The minimum Gasteiger partial charge on any atom is -0.290 e. The fraction of sp³-hybridized carbons (Fsp3) is 0.429. The number of carbonyl (C=O) groups is 2. The van der Waals surface area contributed by atoms with E-state index in [1.807, 2.05) is 39.8 Å². The topological polar surface area (TPSA) is 34.1 Å². The summed E-state index contributed by atoms with van der Waals surface area (Å²) in [6.07, 6.45) is 0.291. The highest BCUT2D eigenvalue weighted by Gasteiger charge is 2.22. The second-order valence-corrected chi connectivity index (χ2v) is 5.36. The molecule has 0 aliphatic carbocycles. The Hall–Kier alpha value is -1.44. The van der Waals surface area contributed by atoms with E-state index in [0.29, 0.717) is 12.0 Å². The van der Waals surface area contributed by atoms with Crippen LogP contribution in [0.5, 0.6) is 0 Å². The van der Waals surface area contributed by atoms with E-state index in [0.717, 1.165) is 5.56 Å². The molecule has 0 amide bonds. The van der Waals surface area contributed by atoms with Gasteiger partial charge in [0.25, 0.3) is 0 Å². The predicted octanol–water partition coefficient (Wildman–Crippen LogP) is 3.18. The van der Waals surface area contributed by atoms with E-state index in [4.69, 9.17) is 0 Å². The van der Waals surface area contributed by atoms with Crippen LogP contribution in [0.25, 0.3) is 0 Å². The van der Waals surface area contributed by atoms with Gasteiger partial charge < -0.3 is 0 Å². The molecule has 0 N–H and O–H groups in total. The molecule has 1 aromatic carbocycles. The number of benzene rings is 1. The molecule has 0 fully saturated rings. The molecule has 0 saturated heterocycles. The Labute approximate surface area is 96.7 Å². The van der Waals surface area contributed by atoms with Crippen molar-refractivity contribution in [1.82, 2.24) is 0 Å². The quantitative estimate of drug-likeness (QED) is 0.576. The summed E-state index contributed by atoms with van der Waals surface area (Å²) in [5, 5.41) is 0. The molecular formula is C14H18O2. The summed E-state index contributed by atoms with van der Waals surface area (Å²) in [5.74, 6) is -0.689. The van der Waals surface area contributed by atoms with Crippen molar-refractivity contribution in [3.8, 4) is 0 Å². The standard InChI is InChI=1S/C14H18O2/c1-10-5-7-11(8-6-10)13(16)12(15)9-14(2,3)4/h5-8H,9H2,1-4H3. The first-order chi connectivity index (χ1) is 7.29. The van der Waals surface area contributed by atoms with E-state index in [1.54, 1.807) is 12.1 Å². The Morgan fingerprint density at radius 2 is 1.56 bits per heavy atom. The number of hydrogen-bond acceptors (Lipinski definition) is 2. The van der Waals surface area contributed by atoms with Gasteiger partial charge >= 0.3 is 0 Å². The van der Waals surface area contributed by atoms with Crippen LogP contribution < -0.4 is 0 Å². The molecule has 2 nitrogen and oxygen atoms in total. The SMILES string of the molecule is Cc1ccc(C(=O)C(=O)CC(C)(C)C)cc1. The average molecular weight is 218 g/mol. The van der Waals surface area contributed by atoms with Crippen molar-refractivity contribution in [2.75, 3.05) is 0 Å². The van der Waals surface area contributed by atoms with Crippen LogP contribution in [0.4, 0.5) is 0 Å². The molecule has 2 heteroatoms. The molecule has 0 heterocycles. The van der Waals surface area contributed by atoms with E-state index in [9.17, 15) is 9.59 Å².